The molecule has 0 aliphatic rings. The largest absolute Gasteiger partial charge is 0.431 e. The molecule has 2 rings (SSSR count). The topological polar surface area (TPSA) is 67.7 Å². The molecule has 0 saturated heterocycles. The minimum Gasteiger partial charge on any atom is -0.431 e. The highest BCUT2D eigenvalue weighted by Crippen LogP contribution is 2.28. The maximum Gasteiger partial charge on any atom is 0.304 e. The molecule has 160 valence electrons. The molecule has 0 unspecified atom stereocenters. The van der Waals surface area contributed by atoms with Gasteiger partial charge in [0.25, 0.3) is 5.91 Å². The van der Waals surface area contributed by atoms with Crippen molar-refractivity contribution >= 4 is 18.1 Å². The maximum atomic E-state index is 13.3. The Morgan fingerprint density at radius 3 is 2.50 bits per heavy atom. The minimum atomic E-state index is -0.242. The van der Waals surface area contributed by atoms with Gasteiger partial charge in [-0.2, -0.15) is 4.98 Å². The molecule has 7 heteroatoms. The van der Waals surface area contributed by atoms with Crippen LogP contribution in [-0.4, -0.2) is 47.4 Å². The SMILES string of the molecule is C=CCCN(C)C(=O)c1c(N(C)C=O)nc(O/C(C)=C/C)n1Cc1ccc(C)cc1. The highest BCUT2D eigenvalue weighted by Gasteiger charge is 2.28. The van der Waals surface area contributed by atoms with E-state index in [0.717, 1.165) is 11.1 Å². The molecule has 0 aliphatic heterocycles. The number of amides is 2. The number of anilines is 1. The molecule has 2 amide bonds. The number of benzene rings is 1. The van der Waals surface area contributed by atoms with E-state index in [4.69, 9.17) is 4.74 Å². The highest BCUT2D eigenvalue weighted by atomic mass is 16.5. The summed E-state index contributed by atoms with van der Waals surface area (Å²) in [5, 5.41) is 0. The van der Waals surface area contributed by atoms with Crippen LogP contribution < -0.4 is 9.64 Å². The summed E-state index contributed by atoms with van der Waals surface area (Å²) in [5.74, 6) is 0.657. The first kappa shape index (κ1) is 22.9. The van der Waals surface area contributed by atoms with Crippen molar-refractivity contribution in [2.75, 3.05) is 25.5 Å². The second-order valence-electron chi connectivity index (χ2n) is 7.16. The maximum absolute atomic E-state index is 13.3. The third-order valence-electron chi connectivity index (χ3n) is 4.74. The number of ether oxygens (including phenoxy) is 1. The van der Waals surface area contributed by atoms with Gasteiger partial charge in [-0.25, -0.2) is 0 Å². The van der Waals surface area contributed by atoms with Crippen molar-refractivity contribution in [3.8, 4) is 6.01 Å². The minimum absolute atomic E-state index is 0.242. The molecule has 0 aliphatic carbocycles. The number of hydrogen-bond donors (Lipinski definition) is 0. The number of imidazole rings is 1. The molecule has 7 nitrogen and oxygen atoms in total. The Morgan fingerprint density at radius 2 is 1.93 bits per heavy atom. The summed E-state index contributed by atoms with van der Waals surface area (Å²) >= 11 is 0. The summed E-state index contributed by atoms with van der Waals surface area (Å²) in [6, 6.07) is 8.29. The van der Waals surface area contributed by atoms with Gasteiger partial charge >= 0.3 is 6.01 Å². The number of carbonyl (C=O) groups excluding carboxylic acids is 2. The molecule has 0 bridgehead atoms. The fourth-order valence-electron chi connectivity index (χ4n) is 2.80. The normalized spacial score (nSPS) is 11.2. The Balaban J connectivity index is 2.63. The Labute approximate surface area is 178 Å². The average molecular weight is 411 g/mol. The van der Waals surface area contributed by atoms with Gasteiger partial charge in [0.2, 0.25) is 6.41 Å². The fourth-order valence-corrected chi connectivity index (χ4v) is 2.80. The lowest BCUT2D eigenvalue weighted by atomic mass is 10.1. The van der Waals surface area contributed by atoms with E-state index in [-0.39, 0.29) is 17.7 Å². The molecule has 2 aromatic rings. The van der Waals surface area contributed by atoms with Crippen LogP contribution in [0.15, 0.2) is 48.8 Å². The molecule has 0 radical (unpaired) electrons. The van der Waals surface area contributed by atoms with E-state index >= 15 is 0 Å². The smallest absolute Gasteiger partial charge is 0.304 e. The van der Waals surface area contributed by atoms with Crippen LogP contribution in [0.4, 0.5) is 5.82 Å². The molecule has 1 aromatic carbocycles. The van der Waals surface area contributed by atoms with Gasteiger partial charge in [0.05, 0.1) is 6.54 Å². The third-order valence-corrected chi connectivity index (χ3v) is 4.74. The summed E-state index contributed by atoms with van der Waals surface area (Å²) < 4.78 is 7.62. The molecule has 1 aromatic heterocycles. The Bertz CT molecular complexity index is 929. The molecular formula is C23H30N4O3. The standard InChI is InChI=1S/C23H30N4O3/c1-7-9-14-25(5)22(29)20-21(26(6)16-28)24-23(30-18(4)8-2)27(20)15-19-12-10-17(3)11-13-19/h7-8,10-13,16H,1,9,14-15H2,2-6H3/b18-8+. The van der Waals surface area contributed by atoms with E-state index in [0.29, 0.717) is 37.4 Å². The van der Waals surface area contributed by atoms with Crippen molar-refractivity contribution in [3.05, 3.63) is 65.6 Å². The number of hydrogen-bond acceptors (Lipinski definition) is 4. The molecule has 30 heavy (non-hydrogen) atoms. The van der Waals surface area contributed by atoms with Crippen molar-refractivity contribution in [1.82, 2.24) is 14.5 Å². The van der Waals surface area contributed by atoms with Gasteiger partial charge in [0.1, 0.15) is 5.76 Å². The first-order chi connectivity index (χ1) is 14.3. The monoisotopic (exact) mass is 410 g/mol. The molecule has 0 saturated carbocycles. The van der Waals surface area contributed by atoms with Crippen LogP contribution in [-0.2, 0) is 11.3 Å². The van der Waals surface area contributed by atoms with E-state index in [1.165, 1.54) is 4.90 Å². The third kappa shape index (κ3) is 5.37. The number of allylic oxidation sites excluding steroid dienone is 2. The highest BCUT2D eigenvalue weighted by molar-refractivity contribution is 5.99. The Hall–Kier alpha value is -3.35. The lowest BCUT2D eigenvalue weighted by Crippen LogP contribution is -2.31. The van der Waals surface area contributed by atoms with Crippen molar-refractivity contribution in [1.29, 1.82) is 0 Å². The predicted octanol–water partition coefficient (Wildman–Crippen LogP) is 3.78. The van der Waals surface area contributed by atoms with E-state index in [2.05, 4.69) is 11.6 Å². The fraction of sp³-hybridized carbons (Fsp3) is 0.348. The molecule has 0 N–H and O–H groups in total. The van der Waals surface area contributed by atoms with E-state index in [9.17, 15) is 9.59 Å². The van der Waals surface area contributed by atoms with E-state index in [1.807, 2.05) is 51.1 Å². The Morgan fingerprint density at radius 1 is 1.27 bits per heavy atom. The van der Waals surface area contributed by atoms with Crippen LogP contribution in [0, 0.1) is 6.92 Å². The zero-order chi connectivity index (χ0) is 22.3. The summed E-state index contributed by atoms with van der Waals surface area (Å²) in [5.41, 5.74) is 2.44. The van der Waals surface area contributed by atoms with Crippen molar-refractivity contribution in [3.63, 3.8) is 0 Å². The van der Waals surface area contributed by atoms with E-state index in [1.54, 1.807) is 29.6 Å². The van der Waals surface area contributed by atoms with E-state index < -0.39 is 0 Å². The average Bonchev–Trinajstić information content (AvgIpc) is 3.09. The molecule has 0 spiro atoms. The predicted molar refractivity (Wildman–Crippen MR) is 119 cm³/mol. The molecule has 0 fully saturated rings. The summed E-state index contributed by atoms with van der Waals surface area (Å²) in [7, 11) is 3.29. The van der Waals surface area contributed by atoms with Gasteiger partial charge < -0.3 is 14.5 Å². The molecule has 1 heterocycles. The van der Waals surface area contributed by atoms with Crippen LogP contribution >= 0.6 is 0 Å². The van der Waals surface area contributed by atoms with Gasteiger partial charge in [-0.05, 0) is 38.8 Å². The van der Waals surface area contributed by atoms with Crippen LogP contribution in [0.3, 0.4) is 0 Å². The van der Waals surface area contributed by atoms with Crippen LogP contribution in [0.25, 0.3) is 0 Å². The number of aromatic nitrogens is 2. The lowest BCUT2D eigenvalue weighted by Gasteiger charge is -2.20. The summed E-state index contributed by atoms with van der Waals surface area (Å²) in [6.07, 6.45) is 4.86. The second kappa shape index (κ2) is 10.4. The first-order valence-electron chi connectivity index (χ1n) is 9.83. The lowest BCUT2D eigenvalue weighted by molar-refractivity contribution is -0.107. The second-order valence-corrected chi connectivity index (χ2v) is 7.16. The zero-order valence-electron chi connectivity index (χ0n) is 18.4. The van der Waals surface area contributed by atoms with Crippen LogP contribution in [0.2, 0.25) is 0 Å². The van der Waals surface area contributed by atoms with Gasteiger partial charge in [-0.3, -0.25) is 14.2 Å². The first-order valence-corrected chi connectivity index (χ1v) is 9.83. The number of aryl methyl sites for hydroxylation is 1. The molecular weight excluding hydrogens is 380 g/mol. The number of carbonyl (C=O) groups is 2. The van der Waals surface area contributed by atoms with Crippen LogP contribution in [0.5, 0.6) is 6.01 Å². The molecule has 0 atom stereocenters. The quantitative estimate of drug-likeness (QED) is 0.340. The summed E-state index contributed by atoms with van der Waals surface area (Å²) in [6.45, 7) is 10.3. The number of nitrogens with zero attached hydrogens (tertiary/aromatic N) is 4. The zero-order valence-corrected chi connectivity index (χ0v) is 18.4. The van der Waals surface area contributed by atoms with Gasteiger partial charge in [0, 0.05) is 20.6 Å². The van der Waals surface area contributed by atoms with Crippen LogP contribution in [0.1, 0.15) is 41.9 Å². The number of rotatable bonds is 10. The summed E-state index contributed by atoms with van der Waals surface area (Å²) in [4.78, 5) is 32.2. The van der Waals surface area contributed by atoms with Crippen molar-refractivity contribution in [2.24, 2.45) is 0 Å². The van der Waals surface area contributed by atoms with Gasteiger partial charge in [-0.15, -0.1) is 6.58 Å². The van der Waals surface area contributed by atoms with Gasteiger partial charge in [0.15, 0.2) is 11.5 Å². The van der Waals surface area contributed by atoms with Crippen molar-refractivity contribution < 1.29 is 14.3 Å². The van der Waals surface area contributed by atoms with Crippen molar-refractivity contribution in [2.45, 2.75) is 33.7 Å². The Kier molecular flexibility index (Phi) is 7.98. The van der Waals surface area contributed by atoms with Gasteiger partial charge in [-0.1, -0.05) is 35.9 Å².